The van der Waals surface area contributed by atoms with Gasteiger partial charge in [-0.05, 0) is 47.1 Å². The van der Waals surface area contributed by atoms with Gasteiger partial charge >= 0.3 is 5.97 Å². The first kappa shape index (κ1) is 46.4. The number of aromatic nitrogens is 1. The second-order valence-electron chi connectivity index (χ2n) is 11.3. The Morgan fingerprint density at radius 3 is 1.36 bits per heavy atom. The summed E-state index contributed by atoms with van der Waals surface area (Å²) in [5.41, 5.74) is 2.19. The van der Waals surface area contributed by atoms with Crippen LogP contribution < -0.4 is 9.47 Å². The third-order valence-corrected chi connectivity index (χ3v) is 8.88. The zero-order valence-corrected chi connectivity index (χ0v) is 32.1. The third kappa shape index (κ3) is 24.1. The topological polar surface area (TPSA) is 73.5 Å². The molecule has 1 aromatic heterocycles. The van der Waals surface area contributed by atoms with Crippen molar-refractivity contribution < 1.29 is 19.4 Å². The van der Waals surface area contributed by atoms with Crippen molar-refractivity contribution in [1.82, 2.24) is 0 Å². The van der Waals surface area contributed by atoms with Gasteiger partial charge in [-0.25, -0.2) is 4.79 Å². The Hall–Kier alpha value is -2.76. The van der Waals surface area contributed by atoms with Crippen LogP contribution in [0.3, 0.4) is 0 Å². The number of hydrogen-bond acceptors (Lipinski definition) is 3. The standard InChI is InChI=1S/C11H9NO.C8H6Cl2O3.3C7H16/c13-12-8-6-11(7-9-12)10-4-2-1-3-5-10;9-5-1-2-7(6(10)3-5)13-4-8(11)12;3*1-4-7(5-2)6-3/h1-9H;1-3H,4H2,(H,11,12);3*7H,4-6H2,1-3H3. The minimum atomic E-state index is -1.05. The van der Waals surface area contributed by atoms with E-state index in [0.717, 1.165) is 33.6 Å². The third-order valence-electron chi connectivity index (χ3n) is 8.35. The summed E-state index contributed by atoms with van der Waals surface area (Å²) in [5.74, 6) is 2.22. The van der Waals surface area contributed by atoms with Crippen molar-refractivity contribution in [2.45, 2.75) is 120 Å². The first-order valence-corrected chi connectivity index (χ1v) is 18.3. The minimum Gasteiger partial charge on any atom is -0.619 e. The Bertz CT molecular complexity index is 1090. The van der Waals surface area contributed by atoms with Crippen LogP contribution in [0.1, 0.15) is 120 Å². The van der Waals surface area contributed by atoms with Crippen molar-refractivity contribution in [1.29, 1.82) is 0 Å². The normalized spacial score (nSPS) is 10.0. The monoisotopic (exact) mass is 691 g/mol. The molecule has 0 saturated carbocycles. The van der Waals surface area contributed by atoms with Crippen molar-refractivity contribution in [3.63, 3.8) is 0 Å². The molecular formula is C40H63Cl2NO4. The zero-order chi connectivity index (χ0) is 36.0. The van der Waals surface area contributed by atoms with Gasteiger partial charge in [-0.1, -0.05) is 174 Å². The van der Waals surface area contributed by atoms with Crippen LogP contribution in [0.15, 0.2) is 73.1 Å². The Kier molecular flexibility index (Phi) is 30.1. The molecule has 2 aromatic carbocycles. The molecule has 0 amide bonds. The predicted octanol–water partition coefficient (Wildman–Crippen LogP) is 12.9. The SMILES string of the molecule is CCC(CC)CC.CCC(CC)CC.CCC(CC)CC.O=C(O)COc1ccc(Cl)cc1Cl.[O-][n+]1ccc(-c2ccccc2)cc1. The highest BCUT2D eigenvalue weighted by Crippen LogP contribution is 2.27. The number of benzene rings is 2. The van der Waals surface area contributed by atoms with Crippen LogP contribution in [0.2, 0.25) is 10.0 Å². The lowest BCUT2D eigenvalue weighted by atomic mass is 10.0. The van der Waals surface area contributed by atoms with E-state index in [1.165, 1.54) is 82.3 Å². The number of nitrogens with zero attached hydrogens (tertiary/aromatic N) is 1. The highest BCUT2D eigenvalue weighted by atomic mass is 35.5. The number of carbonyl (C=O) groups is 1. The molecule has 3 rings (SSSR count). The van der Waals surface area contributed by atoms with E-state index in [1.807, 2.05) is 42.5 Å². The van der Waals surface area contributed by atoms with E-state index >= 15 is 0 Å². The summed E-state index contributed by atoms with van der Waals surface area (Å²) in [6.45, 7) is 19.9. The fourth-order valence-electron chi connectivity index (χ4n) is 4.57. The first-order valence-electron chi connectivity index (χ1n) is 17.5. The Labute approximate surface area is 297 Å². The maximum Gasteiger partial charge on any atom is 0.341 e. The number of pyridine rings is 1. The average molecular weight is 693 g/mol. The molecule has 0 aliphatic heterocycles. The van der Waals surface area contributed by atoms with Crippen LogP contribution >= 0.6 is 23.2 Å². The summed E-state index contributed by atoms with van der Waals surface area (Å²) in [6.07, 6.45) is 15.2. The molecule has 0 bridgehead atoms. The fourth-order valence-corrected chi connectivity index (χ4v) is 5.03. The number of ether oxygens (including phenoxy) is 1. The number of carboxylic acid groups (broad SMARTS) is 1. The summed E-state index contributed by atoms with van der Waals surface area (Å²) in [4.78, 5) is 10.2. The van der Waals surface area contributed by atoms with Crippen LogP contribution in [0.5, 0.6) is 5.75 Å². The predicted molar refractivity (Wildman–Crippen MR) is 204 cm³/mol. The molecule has 7 heteroatoms. The molecule has 1 N–H and O–H groups in total. The Morgan fingerprint density at radius 1 is 0.660 bits per heavy atom. The molecule has 0 spiro atoms. The van der Waals surface area contributed by atoms with Gasteiger partial charge in [0.15, 0.2) is 19.0 Å². The van der Waals surface area contributed by atoms with Crippen molar-refractivity contribution in [3.05, 3.63) is 88.3 Å². The van der Waals surface area contributed by atoms with Crippen LogP contribution in [0.4, 0.5) is 0 Å². The van der Waals surface area contributed by atoms with Crippen molar-refractivity contribution in [2.75, 3.05) is 6.61 Å². The van der Waals surface area contributed by atoms with Gasteiger partial charge < -0.3 is 15.1 Å². The highest BCUT2D eigenvalue weighted by Gasteiger charge is 2.04. The maximum absolute atomic E-state index is 10.8. The molecule has 1 heterocycles. The lowest BCUT2D eigenvalue weighted by Crippen LogP contribution is -2.23. The smallest absolute Gasteiger partial charge is 0.341 e. The van der Waals surface area contributed by atoms with Crippen LogP contribution in [0.25, 0.3) is 11.1 Å². The van der Waals surface area contributed by atoms with Gasteiger partial charge in [-0.15, -0.1) is 0 Å². The first-order chi connectivity index (χ1) is 22.5. The summed E-state index contributed by atoms with van der Waals surface area (Å²) in [5, 5.41) is 19.9. The lowest BCUT2D eigenvalue weighted by molar-refractivity contribution is -0.605. The molecule has 5 nitrogen and oxygen atoms in total. The maximum atomic E-state index is 10.8. The van der Waals surface area contributed by atoms with Gasteiger partial charge in [0.1, 0.15) is 5.75 Å². The second-order valence-corrected chi connectivity index (χ2v) is 12.2. The van der Waals surface area contributed by atoms with E-state index in [0.29, 0.717) is 15.8 Å². The molecule has 0 unspecified atom stereocenters. The second kappa shape index (κ2) is 30.6. The molecule has 0 radical (unpaired) electrons. The van der Waals surface area contributed by atoms with E-state index < -0.39 is 12.6 Å². The molecule has 0 aliphatic carbocycles. The van der Waals surface area contributed by atoms with E-state index in [9.17, 15) is 10.0 Å². The zero-order valence-electron chi connectivity index (χ0n) is 30.6. The molecule has 266 valence electrons. The number of aliphatic carboxylic acids is 1. The van der Waals surface area contributed by atoms with Crippen LogP contribution in [-0.4, -0.2) is 17.7 Å². The highest BCUT2D eigenvalue weighted by molar-refractivity contribution is 6.35. The van der Waals surface area contributed by atoms with Gasteiger partial charge in [0.05, 0.1) is 5.02 Å². The molecule has 3 aromatic rings. The van der Waals surface area contributed by atoms with Gasteiger partial charge in [0, 0.05) is 17.2 Å². The molecule has 0 fully saturated rings. The van der Waals surface area contributed by atoms with Gasteiger partial charge in [-0.2, -0.15) is 4.73 Å². The minimum absolute atomic E-state index is 0.300. The summed E-state index contributed by atoms with van der Waals surface area (Å²) in [6, 6.07) is 18.2. The molecular weight excluding hydrogens is 629 g/mol. The van der Waals surface area contributed by atoms with Crippen molar-refractivity contribution in [2.24, 2.45) is 17.8 Å². The summed E-state index contributed by atoms with van der Waals surface area (Å²) in [7, 11) is 0. The number of halogens is 2. The number of rotatable bonds is 13. The van der Waals surface area contributed by atoms with Crippen LogP contribution in [0, 0.1) is 23.0 Å². The largest absolute Gasteiger partial charge is 0.619 e. The van der Waals surface area contributed by atoms with E-state index in [2.05, 4.69) is 62.3 Å². The quantitative estimate of drug-likeness (QED) is 0.143. The molecule has 47 heavy (non-hydrogen) atoms. The number of carboxylic acids is 1. The van der Waals surface area contributed by atoms with E-state index in [1.54, 1.807) is 6.07 Å². The van der Waals surface area contributed by atoms with E-state index in [-0.39, 0.29) is 0 Å². The van der Waals surface area contributed by atoms with Gasteiger partial charge in [0.25, 0.3) is 0 Å². The number of hydrogen-bond donors (Lipinski definition) is 1. The van der Waals surface area contributed by atoms with E-state index in [4.69, 9.17) is 33.0 Å². The molecule has 0 saturated heterocycles. The fraction of sp³-hybridized carbons (Fsp3) is 0.550. The van der Waals surface area contributed by atoms with Crippen molar-refractivity contribution in [3.8, 4) is 16.9 Å². The average Bonchev–Trinajstić information content (AvgIpc) is 3.09. The summed E-state index contributed by atoms with van der Waals surface area (Å²) >= 11 is 11.3. The Morgan fingerprint density at radius 2 is 1.04 bits per heavy atom. The van der Waals surface area contributed by atoms with Gasteiger partial charge in [0.2, 0.25) is 0 Å². The van der Waals surface area contributed by atoms with Crippen molar-refractivity contribution >= 4 is 29.2 Å². The molecule has 0 aliphatic rings. The lowest BCUT2D eigenvalue weighted by Gasteiger charge is -2.05. The van der Waals surface area contributed by atoms with Gasteiger partial charge in [-0.3, -0.25) is 0 Å². The Balaban J connectivity index is 0. The van der Waals surface area contributed by atoms with Crippen LogP contribution in [-0.2, 0) is 4.79 Å². The molecule has 0 atom stereocenters. The summed E-state index contributed by atoms with van der Waals surface area (Å²) < 4.78 is 5.65.